The maximum atomic E-state index is 13.1. The van der Waals surface area contributed by atoms with Crippen molar-refractivity contribution in [1.82, 2.24) is 9.38 Å². The van der Waals surface area contributed by atoms with E-state index in [1.165, 1.54) is 10.5 Å². The molecule has 1 aromatic carbocycles. The van der Waals surface area contributed by atoms with Gasteiger partial charge in [0.25, 0.3) is 5.91 Å². The number of aryl methyl sites for hydroxylation is 1. The molecule has 0 spiro atoms. The van der Waals surface area contributed by atoms with Crippen LogP contribution in [0.3, 0.4) is 0 Å². The zero-order valence-electron chi connectivity index (χ0n) is 16.0. The molecule has 3 rings (SSSR count). The molecule has 3 aromatic rings. The Morgan fingerprint density at radius 1 is 1.18 bits per heavy atom. The van der Waals surface area contributed by atoms with Crippen LogP contribution in [0.5, 0.6) is 0 Å². The minimum absolute atomic E-state index is 0.127. The predicted molar refractivity (Wildman–Crippen MR) is 103 cm³/mol. The van der Waals surface area contributed by atoms with Crippen LogP contribution in [0.1, 0.15) is 60.4 Å². The van der Waals surface area contributed by atoms with Crippen molar-refractivity contribution in [3.63, 3.8) is 0 Å². The molecule has 0 radical (unpaired) electrons. The fourth-order valence-electron chi connectivity index (χ4n) is 3.19. The van der Waals surface area contributed by atoms with Crippen molar-refractivity contribution in [2.75, 3.05) is 5.32 Å². The Kier molecular flexibility index (Phi) is 5.45. The van der Waals surface area contributed by atoms with E-state index in [0.29, 0.717) is 23.4 Å². The summed E-state index contributed by atoms with van der Waals surface area (Å²) in [6, 6.07) is 9.72. The second-order valence-corrected chi connectivity index (χ2v) is 6.76. The van der Waals surface area contributed by atoms with Crippen LogP contribution >= 0.6 is 0 Å². The number of hydrogen-bond acceptors (Lipinski definition) is 2. The van der Waals surface area contributed by atoms with Gasteiger partial charge in [-0.15, -0.1) is 0 Å². The number of rotatable bonds is 5. The van der Waals surface area contributed by atoms with Gasteiger partial charge in [-0.25, -0.2) is 4.98 Å². The van der Waals surface area contributed by atoms with Gasteiger partial charge in [-0.1, -0.05) is 39.0 Å². The molecule has 0 saturated carbocycles. The third-order valence-electron chi connectivity index (χ3n) is 4.92. The largest absolute Gasteiger partial charge is 0.417 e. The van der Waals surface area contributed by atoms with Gasteiger partial charge in [-0.05, 0) is 42.5 Å². The molecule has 2 aromatic heterocycles. The highest BCUT2D eigenvalue weighted by Gasteiger charge is 2.32. The van der Waals surface area contributed by atoms with Crippen LogP contribution < -0.4 is 5.32 Å². The van der Waals surface area contributed by atoms with Crippen molar-refractivity contribution in [2.24, 2.45) is 0 Å². The maximum absolute atomic E-state index is 13.1. The standard InChI is InChI=1S/C21H22F3N3O/c1-4-13(3)15-8-6-7-9-17(15)26-20(28)19-16(5-2)25-18-11-10-14(12-27(18)19)21(22,23)24/h6-13H,4-5H2,1-3H3,(H,26,28). The van der Waals surface area contributed by atoms with Crippen LogP contribution in [-0.2, 0) is 12.6 Å². The number of aromatic nitrogens is 2. The number of amides is 1. The Morgan fingerprint density at radius 3 is 2.54 bits per heavy atom. The second kappa shape index (κ2) is 7.66. The SMILES string of the molecule is CCc1nc2ccc(C(F)(F)F)cn2c1C(=O)Nc1ccccc1C(C)CC. The highest BCUT2D eigenvalue weighted by Crippen LogP contribution is 2.31. The van der Waals surface area contributed by atoms with Gasteiger partial charge in [0.1, 0.15) is 11.3 Å². The van der Waals surface area contributed by atoms with Gasteiger partial charge in [-0.3, -0.25) is 9.20 Å². The Hall–Kier alpha value is -2.83. The zero-order valence-corrected chi connectivity index (χ0v) is 16.0. The first-order valence-electron chi connectivity index (χ1n) is 9.24. The van der Waals surface area contributed by atoms with Gasteiger partial charge < -0.3 is 5.32 Å². The first-order chi connectivity index (χ1) is 13.3. The van der Waals surface area contributed by atoms with Crippen molar-refractivity contribution < 1.29 is 18.0 Å². The molecule has 28 heavy (non-hydrogen) atoms. The van der Waals surface area contributed by atoms with Gasteiger partial charge in [0.15, 0.2) is 0 Å². The lowest BCUT2D eigenvalue weighted by molar-refractivity contribution is -0.137. The minimum Gasteiger partial charge on any atom is -0.320 e. The lowest BCUT2D eigenvalue weighted by atomic mass is 9.97. The van der Waals surface area contributed by atoms with Crippen molar-refractivity contribution >= 4 is 17.2 Å². The van der Waals surface area contributed by atoms with Gasteiger partial charge in [0.05, 0.1) is 11.3 Å². The molecule has 1 amide bonds. The lowest BCUT2D eigenvalue weighted by Gasteiger charge is -2.16. The molecule has 0 aliphatic heterocycles. The molecule has 1 unspecified atom stereocenters. The third-order valence-corrected chi connectivity index (χ3v) is 4.92. The molecule has 0 bridgehead atoms. The molecule has 0 fully saturated rings. The van der Waals surface area contributed by atoms with E-state index < -0.39 is 17.6 Å². The summed E-state index contributed by atoms with van der Waals surface area (Å²) >= 11 is 0. The van der Waals surface area contributed by atoms with Gasteiger partial charge in [-0.2, -0.15) is 13.2 Å². The van der Waals surface area contributed by atoms with E-state index >= 15 is 0 Å². The smallest absolute Gasteiger partial charge is 0.320 e. The monoisotopic (exact) mass is 389 g/mol. The fraction of sp³-hybridized carbons (Fsp3) is 0.333. The summed E-state index contributed by atoms with van der Waals surface area (Å²) in [7, 11) is 0. The normalized spacial score (nSPS) is 12.9. The highest BCUT2D eigenvalue weighted by atomic mass is 19.4. The molecule has 0 aliphatic carbocycles. The number of pyridine rings is 1. The number of nitrogens with zero attached hydrogens (tertiary/aromatic N) is 2. The molecule has 2 heterocycles. The minimum atomic E-state index is -4.50. The molecule has 7 heteroatoms. The third kappa shape index (κ3) is 3.74. The molecule has 4 nitrogen and oxygen atoms in total. The van der Waals surface area contributed by atoms with Crippen molar-refractivity contribution in [3.05, 3.63) is 65.1 Å². The molecule has 0 saturated heterocycles. The molecule has 148 valence electrons. The average Bonchev–Trinajstić information content (AvgIpc) is 3.05. The van der Waals surface area contributed by atoms with Crippen molar-refractivity contribution in [1.29, 1.82) is 0 Å². The Morgan fingerprint density at radius 2 is 1.89 bits per heavy atom. The number of carbonyl (C=O) groups is 1. The highest BCUT2D eigenvalue weighted by molar-refractivity contribution is 6.05. The van der Waals surface area contributed by atoms with E-state index in [0.717, 1.165) is 24.2 Å². The van der Waals surface area contributed by atoms with Gasteiger partial charge in [0.2, 0.25) is 0 Å². The number of alkyl halides is 3. The van der Waals surface area contributed by atoms with E-state index in [2.05, 4.69) is 24.1 Å². The van der Waals surface area contributed by atoms with E-state index in [9.17, 15) is 18.0 Å². The zero-order chi connectivity index (χ0) is 20.5. The second-order valence-electron chi connectivity index (χ2n) is 6.76. The summed E-state index contributed by atoms with van der Waals surface area (Å²) < 4.78 is 40.6. The Labute approximate surface area is 161 Å². The van der Waals surface area contributed by atoms with Gasteiger partial charge in [0, 0.05) is 11.9 Å². The van der Waals surface area contributed by atoms with Crippen LogP contribution in [0, 0.1) is 0 Å². The number of para-hydroxylation sites is 1. The van der Waals surface area contributed by atoms with E-state index in [-0.39, 0.29) is 11.6 Å². The number of anilines is 1. The topological polar surface area (TPSA) is 46.4 Å². The van der Waals surface area contributed by atoms with Crippen molar-refractivity contribution in [2.45, 2.75) is 45.7 Å². The summed E-state index contributed by atoms with van der Waals surface area (Å²) in [5, 5.41) is 2.87. The van der Waals surface area contributed by atoms with Crippen LogP contribution in [-0.4, -0.2) is 15.3 Å². The maximum Gasteiger partial charge on any atom is 0.417 e. The average molecular weight is 389 g/mol. The number of halogens is 3. The molecular weight excluding hydrogens is 367 g/mol. The number of hydrogen-bond donors (Lipinski definition) is 1. The van der Waals surface area contributed by atoms with Crippen LogP contribution in [0.25, 0.3) is 5.65 Å². The Bertz CT molecular complexity index is 1010. The van der Waals surface area contributed by atoms with Crippen molar-refractivity contribution in [3.8, 4) is 0 Å². The summed E-state index contributed by atoms with van der Waals surface area (Å²) in [4.78, 5) is 17.4. The Balaban J connectivity index is 2.07. The van der Waals surface area contributed by atoms with E-state index in [4.69, 9.17) is 0 Å². The molecule has 1 N–H and O–H groups in total. The number of carbonyl (C=O) groups excluding carboxylic acids is 1. The fourth-order valence-corrected chi connectivity index (χ4v) is 3.19. The molecular formula is C21H22F3N3O. The van der Waals surface area contributed by atoms with E-state index in [1.807, 2.05) is 25.1 Å². The summed E-state index contributed by atoms with van der Waals surface area (Å²) in [6.45, 7) is 5.93. The predicted octanol–water partition coefficient (Wildman–Crippen LogP) is 5.68. The molecule has 1 atom stereocenters. The summed E-state index contributed by atoms with van der Waals surface area (Å²) in [5.41, 5.74) is 1.71. The van der Waals surface area contributed by atoms with E-state index in [1.54, 1.807) is 6.07 Å². The van der Waals surface area contributed by atoms with Gasteiger partial charge >= 0.3 is 6.18 Å². The number of nitrogens with one attached hydrogen (secondary N) is 1. The van der Waals surface area contributed by atoms with Crippen LogP contribution in [0.2, 0.25) is 0 Å². The number of fused-ring (bicyclic) bond motifs is 1. The summed E-state index contributed by atoms with van der Waals surface area (Å²) in [6.07, 6.45) is -2.24. The number of benzene rings is 1. The lowest BCUT2D eigenvalue weighted by Crippen LogP contribution is -2.18. The summed E-state index contributed by atoms with van der Waals surface area (Å²) in [5.74, 6) is -0.236. The number of imidazole rings is 1. The van der Waals surface area contributed by atoms with Crippen LogP contribution in [0.4, 0.5) is 18.9 Å². The quantitative estimate of drug-likeness (QED) is 0.610. The first kappa shape index (κ1) is 19.9. The molecule has 0 aliphatic rings. The van der Waals surface area contributed by atoms with Crippen LogP contribution in [0.15, 0.2) is 42.6 Å². The first-order valence-corrected chi connectivity index (χ1v) is 9.24.